The summed E-state index contributed by atoms with van der Waals surface area (Å²) in [6, 6.07) is 11.0. The van der Waals surface area contributed by atoms with Gasteiger partial charge in [0.05, 0.1) is 5.69 Å². The van der Waals surface area contributed by atoms with Crippen LogP contribution in [0, 0.1) is 0 Å². The topological polar surface area (TPSA) is 60.5 Å². The molecule has 5 nitrogen and oxygen atoms in total. The Morgan fingerprint density at radius 1 is 1.21 bits per heavy atom. The molecule has 0 saturated carbocycles. The van der Waals surface area contributed by atoms with Gasteiger partial charge in [0.25, 0.3) is 5.91 Å². The average Bonchev–Trinajstić information content (AvgIpc) is 3.30. The number of nitrogens with zero attached hydrogens (tertiary/aromatic N) is 1. The number of fused-ring (bicyclic) bond motifs is 1. The second-order valence-electron chi connectivity index (χ2n) is 5.27. The summed E-state index contributed by atoms with van der Waals surface area (Å²) >= 11 is 1.62. The number of amides is 1. The number of hydrogen-bond donors (Lipinski definition) is 1. The molecule has 2 aromatic heterocycles. The maximum atomic E-state index is 12.4. The van der Waals surface area contributed by atoms with Gasteiger partial charge in [-0.25, -0.2) is 0 Å². The zero-order valence-corrected chi connectivity index (χ0v) is 13.5. The third kappa shape index (κ3) is 2.83. The van der Waals surface area contributed by atoms with Crippen molar-refractivity contribution in [2.24, 2.45) is 0 Å². The number of hydrogen-bond acceptors (Lipinski definition) is 5. The number of rotatable bonds is 4. The van der Waals surface area contributed by atoms with Gasteiger partial charge in [-0.15, -0.1) is 0 Å². The van der Waals surface area contributed by atoms with Crippen LogP contribution < -0.4 is 14.8 Å². The molecule has 0 saturated heterocycles. The Morgan fingerprint density at radius 2 is 2.12 bits per heavy atom. The van der Waals surface area contributed by atoms with Crippen molar-refractivity contribution in [1.29, 1.82) is 0 Å². The molecule has 4 rings (SSSR count). The second kappa shape index (κ2) is 6.33. The quantitative estimate of drug-likeness (QED) is 0.791. The molecule has 0 aliphatic carbocycles. The van der Waals surface area contributed by atoms with Crippen molar-refractivity contribution in [3.63, 3.8) is 0 Å². The third-order valence-electron chi connectivity index (χ3n) is 3.76. The van der Waals surface area contributed by atoms with Gasteiger partial charge in [-0.1, -0.05) is 6.07 Å². The summed E-state index contributed by atoms with van der Waals surface area (Å²) in [4.78, 5) is 16.8. The predicted octanol–water partition coefficient (Wildman–Crippen LogP) is 3.47. The largest absolute Gasteiger partial charge is 0.454 e. The van der Waals surface area contributed by atoms with Crippen molar-refractivity contribution in [2.75, 3.05) is 6.79 Å². The van der Waals surface area contributed by atoms with E-state index in [1.165, 1.54) is 0 Å². The first kappa shape index (κ1) is 14.7. The minimum Gasteiger partial charge on any atom is -0.454 e. The van der Waals surface area contributed by atoms with E-state index in [0.29, 0.717) is 23.6 Å². The van der Waals surface area contributed by atoms with Gasteiger partial charge in [0.2, 0.25) is 6.79 Å². The van der Waals surface area contributed by atoms with Gasteiger partial charge in [0.15, 0.2) is 11.5 Å². The molecule has 1 aliphatic heterocycles. The molecular weight excluding hydrogens is 324 g/mol. The minimum absolute atomic E-state index is 0.159. The Morgan fingerprint density at radius 3 is 3.00 bits per heavy atom. The van der Waals surface area contributed by atoms with E-state index in [9.17, 15) is 4.79 Å². The molecule has 1 amide bonds. The summed E-state index contributed by atoms with van der Waals surface area (Å²) in [6.45, 7) is 0.604. The zero-order valence-electron chi connectivity index (χ0n) is 12.7. The predicted molar refractivity (Wildman–Crippen MR) is 91.3 cm³/mol. The van der Waals surface area contributed by atoms with Crippen LogP contribution in [0.4, 0.5) is 0 Å². The highest BCUT2D eigenvalue weighted by molar-refractivity contribution is 7.08. The van der Waals surface area contributed by atoms with E-state index in [4.69, 9.17) is 9.47 Å². The van der Waals surface area contributed by atoms with Crippen LogP contribution in [0.1, 0.15) is 15.9 Å². The van der Waals surface area contributed by atoms with Crippen molar-refractivity contribution in [2.45, 2.75) is 6.54 Å². The van der Waals surface area contributed by atoms with Gasteiger partial charge in [-0.3, -0.25) is 9.78 Å². The maximum Gasteiger partial charge on any atom is 0.251 e. The summed E-state index contributed by atoms with van der Waals surface area (Å²) in [7, 11) is 0. The molecule has 3 heterocycles. The molecule has 0 atom stereocenters. The number of thiophene rings is 1. The van der Waals surface area contributed by atoms with Crippen LogP contribution in [0.25, 0.3) is 11.3 Å². The van der Waals surface area contributed by atoms with Gasteiger partial charge in [0, 0.05) is 29.2 Å². The van der Waals surface area contributed by atoms with Crippen LogP contribution in [0.3, 0.4) is 0 Å². The highest BCUT2D eigenvalue weighted by Crippen LogP contribution is 2.32. The minimum atomic E-state index is -0.159. The van der Waals surface area contributed by atoms with Gasteiger partial charge in [-0.05, 0) is 41.3 Å². The fraction of sp³-hybridized carbons (Fsp3) is 0.111. The molecule has 6 heteroatoms. The zero-order chi connectivity index (χ0) is 16.4. The molecule has 0 bridgehead atoms. The Balaban J connectivity index is 1.50. The molecule has 0 spiro atoms. The SMILES string of the molecule is O=C(NCc1cccnc1-c1ccsc1)c1ccc2c(c1)OCO2. The average molecular weight is 338 g/mol. The summed E-state index contributed by atoms with van der Waals surface area (Å²) in [5.74, 6) is 1.11. The fourth-order valence-electron chi connectivity index (χ4n) is 2.56. The molecule has 3 aromatic rings. The molecule has 0 fully saturated rings. The molecule has 120 valence electrons. The fourth-order valence-corrected chi connectivity index (χ4v) is 3.20. The number of nitrogens with one attached hydrogen (secondary N) is 1. The Kier molecular flexibility index (Phi) is 3.88. The Hall–Kier alpha value is -2.86. The van der Waals surface area contributed by atoms with Crippen molar-refractivity contribution in [3.05, 3.63) is 64.5 Å². The van der Waals surface area contributed by atoms with Gasteiger partial charge in [-0.2, -0.15) is 11.3 Å². The summed E-state index contributed by atoms with van der Waals surface area (Å²) < 4.78 is 10.6. The third-order valence-corrected chi connectivity index (χ3v) is 4.44. The first-order valence-corrected chi connectivity index (χ1v) is 8.40. The van der Waals surface area contributed by atoms with E-state index in [2.05, 4.69) is 10.3 Å². The first-order valence-electron chi connectivity index (χ1n) is 7.45. The van der Waals surface area contributed by atoms with Crippen LogP contribution in [0.5, 0.6) is 11.5 Å². The maximum absolute atomic E-state index is 12.4. The van der Waals surface area contributed by atoms with Gasteiger partial charge in [0.1, 0.15) is 0 Å². The molecule has 1 aromatic carbocycles. The standard InChI is InChI=1S/C18H14N2O3S/c21-18(12-3-4-15-16(8-12)23-11-22-15)20-9-13-2-1-6-19-17(13)14-5-7-24-10-14/h1-8,10H,9,11H2,(H,20,21). The van der Waals surface area contributed by atoms with Crippen LogP contribution >= 0.6 is 11.3 Å². The van der Waals surface area contributed by atoms with Crippen molar-refractivity contribution >= 4 is 17.2 Å². The van der Waals surface area contributed by atoms with Gasteiger partial charge >= 0.3 is 0 Å². The van der Waals surface area contributed by atoms with Gasteiger partial charge < -0.3 is 14.8 Å². The highest BCUT2D eigenvalue weighted by Gasteiger charge is 2.16. The number of carbonyl (C=O) groups is 1. The normalized spacial score (nSPS) is 12.2. The lowest BCUT2D eigenvalue weighted by atomic mass is 10.1. The van der Waals surface area contributed by atoms with E-state index < -0.39 is 0 Å². The molecule has 0 radical (unpaired) electrons. The van der Waals surface area contributed by atoms with Crippen molar-refractivity contribution in [3.8, 4) is 22.8 Å². The van der Waals surface area contributed by atoms with Crippen molar-refractivity contribution < 1.29 is 14.3 Å². The second-order valence-corrected chi connectivity index (χ2v) is 6.05. The molecule has 1 N–H and O–H groups in total. The van der Waals surface area contributed by atoms with E-state index in [1.807, 2.05) is 29.0 Å². The number of aromatic nitrogens is 1. The van der Waals surface area contributed by atoms with E-state index in [-0.39, 0.29) is 12.7 Å². The van der Waals surface area contributed by atoms with E-state index in [1.54, 1.807) is 35.7 Å². The lowest BCUT2D eigenvalue weighted by Crippen LogP contribution is -2.23. The molecule has 0 unspecified atom stereocenters. The van der Waals surface area contributed by atoms with Crippen LogP contribution in [0.2, 0.25) is 0 Å². The lowest BCUT2D eigenvalue weighted by Gasteiger charge is -2.09. The summed E-state index contributed by atoms with van der Waals surface area (Å²) in [5.41, 5.74) is 3.47. The van der Waals surface area contributed by atoms with E-state index in [0.717, 1.165) is 16.8 Å². The summed E-state index contributed by atoms with van der Waals surface area (Å²) in [5, 5.41) is 7.00. The molecule has 1 aliphatic rings. The van der Waals surface area contributed by atoms with Crippen LogP contribution in [-0.4, -0.2) is 17.7 Å². The number of ether oxygens (including phenoxy) is 2. The van der Waals surface area contributed by atoms with Crippen molar-refractivity contribution in [1.82, 2.24) is 10.3 Å². The molecule has 24 heavy (non-hydrogen) atoms. The Labute approximate surface area is 142 Å². The Bertz CT molecular complexity index is 878. The first-order chi connectivity index (χ1) is 11.8. The lowest BCUT2D eigenvalue weighted by molar-refractivity contribution is 0.0950. The smallest absolute Gasteiger partial charge is 0.251 e. The monoisotopic (exact) mass is 338 g/mol. The number of pyridine rings is 1. The number of benzene rings is 1. The molecular formula is C18H14N2O3S. The summed E-state index contributed by atoms with van der Waals surface area (Å²) in [6.07, 6.45) is 1.76. The van der Waals surface area contributed by atoms with Crippen LogP contribution in [-0.2, 0) is 6.54 Å². The van der Waals surface area contributed by atoms with Crippen LogP contribution in [0.15, 0.2) is 53.4 Å². The number of carbonyl (C=O) groups excluding carboxylic acids is 1. The van der Waals surface area contributed by atoms with E-state index >= 15 is 0 Å². The highest BCUT2D eigenvalue weighted by atomic mass is 32.1.